The number of hydrogen-bond donors (Lipinski definition) is 1. The number of nitrogens with zero attached hydrogens (tertiary/aromatic N) is 1. The Labute approximate surface area is 123 Å². The van der Waals surface area contributed by atoms with Gasteiger partial charge in [-0.1, -0.05) is 6.07 Å². The largest absolute Gasteiger partial charge is 0.322 e. The van der Waals surface area contributed by atoms with E-state index in [0.29, 0.717) is 15.7 Å². The fourth-order valence-electron chi connectivity index (χ4n) is 1.67. The van der Waals surface area contributed by atoms with E-state index in [1.165, 1.54) is 24.3 Å². The Kier molecular flexibility index (Phi) is 4.14. The maximum atomic E-state index is 12.1. The maximum Gasteiger partial charge on any atom is 0.269 e. The third-order valence-electron chi connectivity index (χ3n) is 2.71. The molecule has 0 aliphatic rings. The van der Waals surface area contributed by atoms with Gasteiger partial charge in [0.2, 0.25) is 0 Å². The second-order valence-corrected chi connectivity index (χ2v) is 5.10. The normalized spacial score (nSPS) is 10.1. The van der Waals surface area contributed by atoms with Gasteiger partial charge in [-0.15, -0.1) is 0 Å². The van der Waals surface area contributed by atoms with E-state index < -0.39 is 4.92 Å². The molecule has 0 aromatic heterocycles. The van der Waals surface area contributed by atoms with Crippen LogP contribution in [0.4, 0.5) is 11.4 Å². The first-order chi connectivity index (χ1) is 9.47. The zero-order valence-corrected chi connectivity index (χ0v) is 12.2. The monoisotopic (exact) mass is 334 g/mol. The minimum absolute atomic E-state index is 0.0143. The summed E-state index contributed by atoms with van der Waals surface area (Å²) in [6.07, 6.45) is 0. The summed E-state index contributed by atoms with van der Waals surface area (Å²) in [5.74, 6) is -0.272. The molecule has 0 saturated heterocycles. The number of amides is 1. The van der Waals surface area contributed by atoms with Gasteiger partial charge in [0.15, 0.2) is 0 Å². The maximum absolute atomic E-state index is 12.1. The summed E-state index contributed by atoms with van der Waals surface area (Å²) in [6.45, 7) is 1.93. The zero-order chi connectivity index (χ0) is 14.7. The van der Waals surface area contributed by atoms with Crippen molar-refractivity contribution in [2.45, 2.75) is 6.92 Å². The summed E-state index contributed by atoms with van der Waals surface area (Å²) >= 11 is 3.34. The van der Waals surface area contributed by atoms with E-state index in [1.54, 1.807) is 6.07 Å². The van der Waals surface area contributed by atoms with Crippen LogP contribution in [0.15, 0.2) is 46.9 Å². The molecule has 2 rings (SSSR count). The molecule has 6 heteroatoms. The molecule has 0 aliphatic heterocycles. The van der Waals surface area contributed by atoms with Gasteiger partial charge in [-0.3, -0.25) is 14.9 Å². The molecular formula is C14H11BrN2O3. The van der Waals surface area contributed by atoms with Gasteiger partial charge in [-0.25, -0.2) is 0 Å². The number of non-ortho nitro benzene ring substituents is 1. The van der Waals surface area contributed by atoms with Crippen molar-refractivity contribution in [2.24, 2.45) is 0 Å². The third-order valence-corrected chi connectivity index (χ3v) is 3.36. The van der Waals surface area contributed by atoms with Crippen LogP contribution in [-0.4, -0.2) is 10.8 Å². The quantitative estimate of drug-likeness (QED) is 0.683. The molecule has 0 heterocycles. The molecule has 1 N–H and O–H groups in total. The first-order valence-electron chi connectivity index (χ1n) is 5.79. The number of nitro benzene ring substituents is 1. The average Bonchev–Trinajstić information content (AvgIpc) is 2.39. The molecular weight excluding hydrogens is 324 g/mol. The summed E-state index contributed by atoms with van der Waals surface area (Å²) < 4.78 is 0.705. The van der Waals surface area contributed by atoms with Crippen LogP contribution < -0.4 is 5.32 Å². The molecule has 0 atom stereocenters. The number of halogens is 1. The molecule has 2 aromatic rings. The van der Waals surface area contributed by atoms with E-state index in [1.807, 2.05) is 19.1 Å². The van der Waals surface area contributed by atoms with Crippen LogP contribution in [0.5, 0.6) is 0 Å². The van der Waals surface area contributed by atoms with Gasteiger partial charge in [0.25, 0.3) is 11.6 Å². The first kappa shape index (κ1) is 14.2. The molecule has 0 aliphatic carbocycles. The van der Waals surface area contributed by atoms with Gasteiger partial charge in [0.1, 0.15) is 0 Å². The molecule has 0 spiro atoms. The number of rotatable bonds is 3. The highest BCUT2D eigenvalue weighted by Gasteiger charge is 2.11. The number of nitro groups is 1. The summed E-state index contributed by atoms with van der Waals surface area (Å²) in [7, 11) is 0. The highest BCUT2D eigenvalue weighted by Crippen LogP contribution is 2.21. The number of carbonyl (C=O) groups is 1. The Bertz CT molecular complexity index is 669. The number of hydrogen-bond acceptors (Lipinski definition) is 3. The van der Waals surface area contributed by atoms with Gasteiger partial charge < -0.3 is 5.32 Å². The van der Waals surface area contributed by atoms with Crippen molar-refractivity contribution in [1.82, 2.24) is 0 Å². The van der Waals surface area contributed by atoms with Crippen LogP contribution in [-0.2, 0) is 0 Å². The van der Waals surface area contributed by atoms with E-state index in [-0.39, 0.29) is 11.6 Å². The second-order valence-electron chi connectivity index (χ2n) is 4.24. The van der Waals surface area contributed by atoms with Crippen LogP contribution in [0.2, 0.25) is 0 Å². The lowest BCUT2D eigenvalue weighted by molar-refractivity contribution is -0.384. The van der Waals surface area contributed by atoms with E-state index >= 15 is 0 Å². The fraction of sp³-hybridized carbons (Fsp3) is 0.0714. The average molecular weight is 335 g/mol. The molecule has 0 unspecified atom stereocenters. The van der Waals surface area contributed by atoms with E-state index in [9.17, 15) is 14.9 Å². The van der Waals surface area contributed by atoms with Crippen molar-refractivity contribution >= 4 is 33.2 Å². The third kappa shape index (κ3) is 3.21. The number of anilines is 1. The summed E-state index contributed by atoms with van der Waals surface area (Å²) in [5.41, 5.74) is 2.05. The summed E-state index contributed by atoms with van der Waals surface area (Å²) in [4.78, 5) is 22.2. The second kappa shape index (κ2) is 5.83. The van der Waals surface area contributed by atoms with E-state index in [4.69, 9.17) is 0 Å². The number of nitrogens with one attached hydrogen (secondary N) is 1. The minimum Gasteiger partial charge on any atom is -0.322 e. The van der Waals surface area contributed by atoms with Crippen LogP contribution in [0.25, 0.3) is 0 Å². The fourth-order valence-corrected chi connectivity index (χ4v) is 2.34. The molecule has 0 bridgehead atoms. The van der Waals surface area contributed by atoms with Crippen LogP contribution in [0.1, 0.15) is 15.9 Å². The van der Waals surface area contributed by atoms with Gasteiger partial charge in [-0.2, -0.15) is 0 Å². The number of benzene rings is 2. The van der Waals surface area contributed by atoms with Crippen molar-refractivity contribution in [1.29, 1.82) is 0 Å². The Morgan fingerprint density at radius 1 is 1.20 bits per heavy atom. The van der Waals surface area contributed by atoms with Gasteiger partial charge >= 0.3 is 0 Å². The number of aryl methyl sites for hydroxylation is 1. The topological polar surface area (TPSA) is 72.2 Å². The van der Waals surface area contributed by atoms with Crippen molar-refractivity contribution < 1.29 is 9.72 Å². The van der Waals surface area contributed by atoms with Gasteiger partial charge in [-0.05, 0) is 52.7 Å². The molecule has 102 valence electrons. The molecule has 0 fully saturated rings. The van der Waals surface area contributed by atoms with Crippen molar-refractivity contribution in [2.75, 3.05) is 5.32 Å². The molecule has 0 saturated carbocycles. The Balaban J connectivity index is 2.17. The van der Waals surface area contributed by atoms with Gasteiger partial charge in [0.05, 0.1) is 10.5 Å². The zero-order valence-electron chi connectivity index (χ0n) is 10.6. The molecule has 0 radical (unpaired) electrons. The number of carbonyl (C=O) groups excluding carboxylic acids is 1. The first-order valence-corrected chi connectivity index (χ1v) is 6.58. The minimum atomic E-state index is -0.484. The Morgan fingerprint density at radius 3 is 2.40 bits per heavy atom. The lowest BCUT2D eigenvalue weighted by atomic mass is 10.1. The smallest absolute Gasteiger partial charge is 0.269 e. The molecule has 20 heavy (non-hydrogen) atoms. The van der Waals surface area contributed by atoms with E-state index in [0.717, 1.165) is 5.56 Å². The van der Waals surface area contributed by atoms with Crippen LogP contribution in [0.3, 0.4) is 0 Å². The highest BCUT2D eigenvalue weighted by atomic mass is 79.9. The molecule has 2 aromatic carbocycles. The predicted octanol–water partition coefficient (Wildman–Crippen LogP) is 3.92. The Hall–Kier alpha value is -2.21. The summed E-state index contributed by atoms with van der Waals surface area (Å²) in [5, 5.41) is 13.2. The van der Waals surface area contributed by atoms with Crippen LogP contribution >= 0.6 is 15.9 Å². The van der Waals surface area contributed by atoms with E-state index in [2.05, 4.69) is 21.2 Å². The van der Waals surface area contributed by atoms with Gasteiger partial charge in [0, 0.05) is 22.3 Å². The van der Waals surface area contributed by atoms with Crippen molar-refractivity contribution in [3.8, 4) is 0 Å². The predicted molar refractivity (Wildman–Crippen MR) is 79.9 cm³/mol. The lowest BCUT2D eigenvalue weighted by Gasteiger charge is -2.07. The standard InChI is InChI=1S/C14H11BrN2O3/c1-9-2-7-12(13(15)8-9)14(18)16-10-3-5-11(6-4-10)17(19)20/h2-8H,1H3,(H,16,18). The Morgan fingerprint density at radius 2 is 1.85 bits per heavy atom. The van der Waals surface area contributed by atoms with Crippen molar-refractivity contribution in [3.05, 3.63) is 68.2 Å². The SMILES string of the molecule is Cc1ccc(C(=O)Nc2ccc([N+](=O)[O-])cc2)c(Br)c1. The van der Waals surface area contributed by atoms with Crippen molar-refractivity contribution in [3.63, 3.8) is 0 Å². The summed E-state index contributed by atoms with van der Waals surface area (Å²) in [6, 6.07) is 11.1. The lowest BCUT2D eigenvalue weighted by Crippen LogP contribution is -2.12. The van der Waals surface area contributed by atoms with Crippen LogP contribution in [0, 0.1) is 17.0 Å². The highest BCUT2D eigenvalue weighted by molar-refractivity contribution is 9.10. The molecule has 5 nitrogen and oxygen atoms in total. The molecule has 1 amide bonds.